The van der Waals surface area contributed by atoms with Gasteiger partial charge in [0.25, 0.3) is 0 Å². The van der Waals surface area contributed by atoms with E-state index in [4.69, 9.17) is 5.73 Å². The van der Waals surface area contributed by atoms with Crippen LogP contribution < -0.4 is 11.1 Å². The number of nitrogens with two attached hydrogens (primary N) is 1. The van der Waals surface area contributed by atoms with Crippen molar-refractivity contribution in [2.75, 3.05) is 6.54 Å². The van der Waals surface area contributed by atoms with Gasteiger partial charge in [-0.2, -0.15) is 5.10 Å². The second-order valence-corrected chi connectivity index (χ2v) is 6.12. The Kier molecular flexibility index (Phi) is 4.36. The van der Waals surface area contributed by atoms with E-state index in [0.717, 1.165) is 11.6 Å². The highest BCUT2D eigenvalue weighted by Gasteiger charge is 2.24. The van der Waals surface area contributed by atoms with Gasteiger partial charge >= 0.3 is 0 Å². The molecular formula is C17H24N4. The Morgan fingerprint density at radius 3 is 2.81 bits per heavy atom. The maximum atomic E-state index is 5.97. The molecule has 0 radical (unpaired) electrons. The van der Waals surface area contributed by atoms with E-state index < -0.39 is 0 Å². The minimum Gasteiger partial charge on any atom is -0.329 e. The van der Waals surface area contributed by atoms with Gasteiger partial charge in [-0.15, -0.1) is 0 Å². The van der Waals surface area contributed by atoms with Crippen LogP contribution in [-0.2, 0) is 0 Å². The van der Waals surface area contributed by atoms with Gasteiger partial charge in [0, 0.05) is 30.4 Å². The van der Waals surface area contributed by atoms with Crippen LogP contribution in [0.4, 0.5) is 0 Å². The van der Waals surface area contributed by atoms with Crippen molar-refractivity contribution in [2.24, 2.45) is 11.7 Å². The first-order valence-corrected chi connectivity index (χ1v) is 7.82. The summed E-state index contributed by atoms with van der Waals surface area (Å²) in [5.41, 5.74) is 8.21. The quantitative estimate of drug-likeness (QED) is 0.887. The number of hydrogen-bond donors (Lipinski definition) is 2. The average molecular weight is 284 g/mol. The van der Waals surface area contributed by atoms with Crippen LogP contribution in [0.25, 0.3) is 5.69 Å². The molecule has 4 nitrogen and oxygen atoms in total. The second kappa shape index (κ2) is 6.41. The molecule has 3 N–H and O–H groups in total. The third-order valence-electron chi connectivity index (χ3n) is 4.39. The van der Waals surface area contributed by atoms with E-state index in [1.165, 1.54) is 24.8 Å². The van der Waals surface area contributed by atoms with Crippen molar-refractivity contribution >= 4 is 0 Å². The topological polar surface area (TPSA) is 55.9 Å². The third kappa shape index (κ3) is 3.34. The number of benzene rings is 1. The lowest BCUT2D eigenvalue weighted by molar-refractivity contribution is 0.434. The van der Waals surface area contributed by atoms with Crippen molar-refractivity contribution < 1.29 is 0 Å². The highest BCUT2D eigenvalue weighted by atomic mass is 15.3. The van der Waals surface area contributed by atoms with E-state index in [-0.39, 0.29) is 6.04 Å². The molecule has 0 amide bonds. The molecule has 1 aromatic heterocycles. The summed E-state index contributed by atoms with van der Waals surface area (Å²) in [5.74, 6) is 0.827. The van der Waals surface area contributed by atoms with Crippen LogP contribution >= 0.6 is 0 Å². The standard InChI is InChI=1S/C17H24N4/c1-13-7-8-15(9-13)20-17(10-18)14-11-19-21(12-14)16-5-3-2-4-6-16/h2-6,11-13,15,17,20H,7-10,18H2,1H3. The molecule has 1 aromatic carbocycles. The van der Waals surface area contributed by atoms with Crippen LogP contribution in [-0.4, -0.2) is 22.4 Å². The molecule has 3 unspecified atom stereocenters. The summed E-state index contributed by atoms with van der Waals surface area (Å²) in [4.78, 5) is 0. The normalized spacial score (nSPS) is 23.3. The summed E-state index contributed by atoms with van der Waals surface area (Å²) in [6.45, 7) is 2.93. The third-order valence-corrected chi connectivity index (χ3v) is 4.39. The summed E-state index contributed by atoms with van der Waals surface area (Å²) in [6, 6.07) is 11.0. The molecule has 3 rings (SSSR count). The van der Waals surface area contributed by atoms with E-state index >= 15 is 0 Å². The molecule has 2 aromatic rings. The zero-order valence-corrected chi connectivity index (χ0v) is 12.6. The van der Waals surface area contributed by atoms with Crippen LogP contribution in [0.2, 0.25) is 0 Å². The lowest BCUT2D eigenvalue weighted by atomic mass is 10.1. The molecule has 0 bridgehead atoms. The lowest BCUT2D eigenvalue weighted by Crippen LogP contribution is -2.35. The number of nitrogens with one attached hydrogen (secondary N) is 1. The van der Waals surface area contributed by atoms with Crippen molar-refractivity contribution in [3.05, 3.63) is 48.3 Å². The van der Waals surface area contributed by atoms with Crippen molar-refractivity contribution in [3.63, 3.8) is 0 Å². The highest BCUT2D eigenvalue weighted by Crippen LogP contribution is 2.27. The van der Waals surface area contributed by atoms with Gasteiger partial charge in [0.2, 0.25) is 0 Å². The van der Waals surface area contributed by atoms with Gasteiger partial charge in [0.15, 0.2) is 0 Å². The predicted molar refractivity (Wildman–Crippen MR) is 85.3 cm³/mol. The number of hydrogen-bond acceptors (Lipinski definition) is 3. The van der Waals surface area contributed by atoms with Gasteiger partial charge in [0.1, 0.15) is 0 Å². The van der Waals surface area contributed by atoms with Gasteiger partial charge in [-0.3, -0.25) is 0 Å². The number of aromatic nitrogens is 2. The fraction of sp³-hybridized carbons (Fsp3) is 0.471. The van der Waals surface area contributed by atoms with E-state index in [1.807, 2.05) is 29.1 Å². The van der Waals surface area contributed by atoms with Crippen LogP contribution in [0.1, 0.15) is 37.8 Å². The second-order valence-electron chi connectivity index (χ2n) is 6.12. The van der Waals surface area contributed by atoms with Crippen molar-refractivity contribution in [1.29, 1.82) is 0 Å². The van der Waals surface area contributed by atoms with Crippen molar-refractivity contribution in [3.8, 4) is 5.69 Å². The summed E-state index contributed by atoms with van der Waals surface area (Å²) in [7, 11) is 0. The van der Waals surface area contributed by atoms with Crippen LogP contribution in [0.5, 0.6) is 0 Å². The SMILES string of the molecule is CC1CCC(NC(CN)c2cnn(-c3ccccc3)c2)C1. The summed E-state index contributed by atoms with van der Waals surface area (Å²) >= 11 is 0. The number of rotatable bonds is 5. The predicted octanol–water partition coefficient (Wildman–Crippen LogP) is 2.65. The smallest absolute Gasteiger partial charge is 0.0645 e. The van der Waals surface area contributed by atoms with E-state index in [2.05, 4.69) is 35.7 Å². The maximum absolute atomic E-state index is 5.97. The molecule has 112 valence electrons. The van der Waals surface area contributed by atoms with E-state index in [0.29, 0.717) is 12.6 Å². The summed E-state index contributed by atoms with van der Waals surface area (Å²) in [6.07, 6.45) is 7.83. The summed E-state index contributed by atoms with van der Waals surface area (Å²) < 4.78 is 1.91. The first-order chi connectivity index (χ1) is 10.3. The molecule has 1 heterocycles. The van der Waals surface area contributed by atoms with Crippen LogP contribution in [0.3, 0.4) is 0 Å². The molecule has 0 spiro atoms. The van der Waals surface area contributed by atoms with Gasteiger partial charge in [0.05, 0.1) is 11.9 Å². The van der Waals surface area contributed by atoms with Gasteiger partial charge in [-0.05, 0) is 37.3 Å². The highest BCUT2D eigenvalue weighted by molar-refractivity contribution is 5.31. The lowest BCUT2D eigenvalue weighted by Gasteiger charge is -2.20. The first kappa shape index (κ1) is 14.3. The zero-order valence-electron chi connectivity index (χ0n) is 12.6. The minimum absolute atomic E-state index is 0.192. The molecule has 1 fully saturated rings. The molecule has 1 aliphatic carbocycles. The maximum Gasteiger partial charge on any atom is 0.0645 e. The van der Waals surface area contributed by atoms with E-state index in [1.54, 1.807) is 0 Å². The van der Waals surface area contributed by atoms with Gasteiger partial charge in [-0.1, -0.05) is 25.1 Å². The minimum atomic E-state index is 0.192. The zero-order chi connectivity index (χ0) is 14.7. The summed E-state index contributed by atoms with van der Waals surface area (Å²) in [5, 5.41) is 8.16. The van der Waals surface area contributed by atoms with Crippen LogP contribution in [0.15, 0.2) is 42.7 Å². The molecule has 0 aliphatic heterocycles. The number of para-hydroxylation sites is 1. The average Bonchev–Trinajstić information content (AvgIpc) is 3.15. The Labute approximate surface area is 126 Å². The molecule has 1 aliphatic rings. The van der Waals surface area contributed by atoms with Gasteiger partial charge < -0.3 is 11.1 Å². The van der Waals surface area contributed by atoms with Crippen molar-refractivity contribution in [1.82, 2.24) is 15.1 Å². The Morgan fingerprint density at radius 1 is 1.33 bits per heavy atom. The van der Waals surface area contributed by atoms with Gasteiger partial charge in [-0.25, -0.2) is 4.68 Å². The Bertz CT molecular complexity index is 563. The first-order valence-electron chi connectivity index (χ1n) is 7.82. The Morgan fingerprint density at radius 2 is 2.14 bits per heavy atom. The fourth-order valence-electron chi connectivity index (χ4n) is 3.18. The Balaban J connectivity index is 1.71. The molecule has 0 saturated heterocycles. The van der Waals surface area contributed by atoms with Crippen molar-refractivity contribution in [2.45, 2.75) is 38.3 Å². The fourth-order valence-corrected chi connectivity index (χ4v) is 3.18. The molecule has 4 heteroatoms. The Hall–Kier alpha value is -1.65. The van der Waals surface area contributed by atoms with Crippen LogP contribution in [0, 0.1) is 5.92 Å². The largest absolute Gasteiger partial charge is 0.329 e. The number of nitrogens with zero attached hydrogens (tertiary/aromatic N) is 2. The molecular weight excluding hydrogens is 260 g/mol. The van der Waals surface area contributed by atoms with E-state index in [9.17, 15) is 0 Å². The molecule has 21 heavy (non-hydrogen) atoms. The molecule has 1 saturated carbocycles. The monoisotopic (exact) mass is 284 g/mol. The molecule has 3 atom stereocenters.